The average molecular weight is 139 g/mol. The fourth-order valence-corrected chi connectivity index (χ4v) is 0.627. The Morgan fingerprint density at radius 2 is 2.60 bits per heavy atom. The first-order valence-electron chi connectivity index (χ1n) is 2.69. The lowest BCUT2D eigenvalue weighted by atomic mass is 10.6. The van der Waals surface area contributed by atoms with Gasteiger partial charge in [-0.25, -0.2) is 9.78 Å². The number of nitrogens with zero attached hydrogens (tertiary/aromatic N) is 2. The molecule has 0 aliphatic rings. The summed E-state index contributed by atoms with van der Waals surface area (Å²) in [6.07, 6.45) is 3.18. The van der Waals surface area contributed by atoms with Crippen LogP contribution in [0.25, 0.3) is 0 Å². The van der Waals surface area contributed by atoms with E-state index in [0.717, 1.165) is 0 Å². The number of carbonyl (C=O) groups excluding carboxylic acids is 1. The topological polar surface area (TPSA) is 44.1 Å². The van der Waals surface area contributed by atoms with Gasteiger partial charge in [-0.3, -0.25) is 0 Å². The van der Waals surface area contributed by atoms with Crippen molar-refractivity contribution < 1.29 is 9.53 Å². The molecular weight excluding hydrogens is 132 g/mol. The number of ether oxygens (including phenoxy) is 1. The lowest BCUT2D eigenvalue weighted by Crippen LogP contribution is -2.07. The molecule has 0 aliphatic carbocycles. The number of carbonyl (C=O) groups is 1. The number of hydrogen-bond acceptors (Lipinski definition) is 3. The first kappa shape index (κ1) is 6.80. The Bertz CT molecular complexity index is 242. The van der Waals surface area contributed by atoms with Crippen LogP contribution in [-0.2, 0) is 11.8 Å². The van der Waals surface area contributed by atoms with E-state index in [4.69, 9.17) is 0 Å². The molecule has 1 rings (SSSR count). The standard InChI is InChI=1S/C6H7N2O2/c1-8-4-3-7-5(8)6(9)10-2/h3-4H,2H2,1H3. The molecule has 1 heterocycles. The maximum absolute atomic E-state index is 10.7. The Labute approximate surface area is 58.4 Å². The fraction of sp³-hybridized carbons (Fsp3) is 0.167. The van der Waals surface area contributed by atoms with Crippen molar-refractivity contribution in [3.63, 3.8) is 0 Å². The minimum Gasteiger partial charge on any atom is -0.456 e. The van der Waals surface area contributed by atoms with Gasteiger partial charge in [0.2, 0.25) is 5.82 Å². The van der Waals surface area contributed by atoms with Crippen LogP contribution in [-0.4, -0.2) is 15.5 Å². The third kappa shape index (κ3) is 1.00. The first-order chi connectivity index (χ1) is 4.75. The maximum Gasteiger partial charge on any atom is 0.374 e. The van der Waals surface area contributed by atoms with Crippen molar-refractivity contribution in [2.45, 2.75) is 0 Å². The summed E-state index contributed by atoms with van der Waals surface area (Å²) in [6, 6.07) is 0. The van der Waals surface area contributed by atoms with Crippen LogP contribution in [0.1, 0.15) is 10.6 Å². The number of rotatable bonds is 1. The summed E-state index contributed by atoms with van der Waals surface area (Å²) in [4.78, 5) is 14.5. The lowest BCUT2D eigenvalue weighted by Gasteiger charge is -1.96. The Morgan fingerprint density at radius 3 is 3.00 bits per heavy atom. The lowest BCUT2D eigenvalue weighted by molar-refractivity contribution is 0.0636. The summed E-state index contributed by atoms with van der Waals surface area (Å²) in [7, 11) is 4.69. The molecular formula is C6H7N2O2. The molecule has 0 atom stereocenters. The van der Waals surface area contributed by atoms with E-state index in [-0.39, 0.29) is 5.82 Å². The average Bonchev–Trinajstić information content (AvgIpc) is 2.34. The fourth-order valence-electron chi connectivity index (χ4n) is 0.627. The predicted molar refractivity (Wildman–Crippen MR) is 34.0 cm³/mol. The molecule has 53 valence electrons. The third-order valence-electron chi connectivity index (χ3n) is 1.13. The number of hydrogen-bond donors (Lipinski definition) is 0. The van der Waals surface area contributed by atoms with Crippen LogP contribution in [0.15, 0.2) is 12.4 Å². The molecule has 0 N–H and O–H groups in total. The van der Waals surface area contributed by atoms with Crippen molar-refractivity contribution in [1.29, 1.82) is 0 Å². The van der Waals surface area contributed by atoms with Crippen molar-refractivity contribution in [1.82, 2.24) is 9.55 Å². The van der Waals surface area contributed by atoms with Gasteiger partial charge in [0.25, 0.3) is 0 Å². The van der Waals surface area contributed by atoms with Gasteiger partial charge >= 0.3 is 5.97 Å². The van der Waals surface area contributed by atoms with Gasteiger partial charge in [-0.05, 0) is 0 Å². The van der Waals surface area contributed by atoms with Gasteiger partial charge in [-0.1, -0.05) is 0 Å². The van der Waals surface area contributed by atoms with Crippen molar-refractivity contribution in [2.75, 3.05) is 0 Å². The second kappa shape index (κ2) is 2.51. The van der Waals surface area contributed by atoms with Crippen molar-refractivity contribution >= 4 is 5.97 Å². The van der Waals surface area contributed by atoms with Crippen LogP contribution in [0, 0.1) is 7.11 Å². The molecule has 4 heteroatoms. The number of esters is 1. The van der Waals surface area contributed by atoms with Gasteiger partial charge in [-0.15, -0.1) is 0 Å². The summed E-state index contributed by atoms with van der Waals surface area (Å²) in [5.74, 6) is -0.262. The minimum atomic E-state index is -0.521. The molecule has 4 nitrogen and oxygen atoms in total. The van der Waals surface area contributed by atoms with Crippen LogP contribution < -0.4 is 0 Å². The van der Waals surface area contributed by atoms with E-state index in [1.54, 1.807) is 17.8 Å². The highest BCUT2D eigenvalue weighted by atomic mass is 16.5. The molecule has 1 aromatic rings. The molecule has 1 radical (unpaired) electrons. The smallest absolute Gasteiger partial charge is 0.374 e. The number of aryl methyl sites for hydroxylation is 1. The molecule has 0 spiro atoms. The van der Waals surface area contributed by atoms with Gasteiger partial charge in [0.1, 0.15) is 7.11 Å². The maximum atomic E-state index is 10.7. The summed E-state index contributed by atoms with van der Waals surface area (Å²) in [6.45, 7) is 0. The van der Waals surface area contributed by atoms with Crippen LogP contribution in [0.4, 0.5) is 0 Å². The van der Waals surface area contributed by atoms with E-state index in [2.05, 4.69) is 16.8 Å². The van der Waals surface area contributed by atoms with Crippen molar-refractivity contribution in [3.8, 4) is 0 Å². The monoisotopic (exact) mass is 139 g/mol. The van der Waals surface area contributed by atoms with Crippen LogP contribution in [0.2, 0.25) is 0 Å². The quantitative estimate of drug-likeness (QED) is 0.528. The minimum absolute atomic E-state index is 0.259. The Kier molecular flexibility index (Phi) is 1.71. The normalized spacial score (nSPS) is 9.40. The molecule has 1 aromatic heterocycles. The van der Waals surface area contributed by atoms with E-state index in [1.165, 1.54) is 6.20 Å². The second-order valence-corrected chi connectivity index (χ2v) is 1.79. The van der Waals surface area contributed by atoms with E-state index in [9.17, 15) is 4.79 Å². The van der Waals surface area contributed by atoms with Gasteiger partial charge in [0.05, 0.1) is 0 Å². The third-order valence-corrected chi connectivity index (χ3v) is 1.13. The zero-order valence-electron chi connectivity index (χ0n) is 5.57. The second-order valence-electron chi connectivity index (χ2n) is 1.79. The summed E-state index contributed by atoms with van der Waals surface area (Å²) < 4.78 is 5.77. The summed E-state index contributed by atoms with van der Waals surface area (Å²) >= 11 is 0. The van der Waals surface area contributed by atoms with E-state index >= 15 is 0 Å². The van der Waals surface area contributed by atoms with Crippen LogP contribution in [0.3, 0.4) is 0 Å². The van der Waals surface area contributed by atoms with Crippen molar-refractivity contribution in [3.05, 3.63) is 25.3 Å². The molecule has 0 aromatic carbocycles. The first-order valence-corrected chi connectivity index (χ1v) is 2.69. The van der Waals surface area contributed by atoms with Gasteiger partial charge in [-0.2, -0.15) is 0 Å². The van der Waals surface area contributed by atoms with Crippen molar-refractivity contribution in [2.24, 2.45) is 7.05 Å². The SMILES string of the molecule is [CH2]OC(=O)c1nccn1C. The largest absolute Gasteiger partial charge is 0.456 e. The van der Waals surface area contributed by atoms with Gasteiger partial charge in [0.15, 0.2) is 0 Å². The molecule has 10 heavy (non-hydrogen) atoms. The highest BCUT2D eigenvalue weighted by molar-refractivity contribution is 5.85. The molecule has 0 unspecified atom stereocenters. The van der Waals surface area contributed by atoms with Crippen LogP contribution >= 0.6 is 0 Å². The zero-order valence-corrected chi connectivity index (χ0v) is 5.57. The molecule has 0 amide bonds. The van der Waals surface area contributed by atoms with E-state index in [1.807, 2.05) is 0 Å². The molecule has 0 aliphatic heterocycles. The Morgan fingerprint density at radius 1 is 1.90 bits per heavy atom. The number of aromatic nitrogens is 2. The summed E-state index contributed by atoms with van der Waals surface area (Å²) in [5, 5.41) is 0. The van der Waals surface area contributed by atoms with Crippen LogP contribution in [0.5, 0.6) is 0 Å². The Hall–Kier alpha value is -1.32. The molecule has 0 fully saturated rings. The Balaban J connectivity index is 2.93. The molecule has 0 saturated heterocycles. The zero-order chi connectivity index (χ0) is 7.56. The number of imidazole rings is 1. The molecule has 0 saturated carbocycles. The highest BCUT2D eigenvalue weighted by Gasteiger charge is 2.08. The van der Waals surface area contributed by atoms with E-state index in [0.29, 0.717) is 0 Å². The van der Waals surface area contributed by atoms with Gasteiger partial charge in [0, 0.05) is 19.4 Å². The summed E-state index contributed by atoms with van der Waals surface area (Å²) in [5.41, 5.74) is 0. The molecule has 0 bridgehead atoms. The van der Waals surface area contributed by atoms with E-state index < -0.39 is 5.97 Å². The highest BCUT2D eigenvalue weighted by Crippen LogP contribution is 1.95. The van der Waals surface area contributed by atoms with Gasteiger partial charge < -0.3 is 9.30 Å². The predicted octanol–water partition coefficient (Wildman–Crippen LogP) is 0.368.